The van der Waals surface area contributed by atoms with Gasteiger partial charge in [-0.2, -0.15) is 0 Å². The van der Waals surface area contributed by atoms with E-state index in [0.717, 1.165) is 72.4 Å². The minimum absolute atomic E-state index is 0.0598. The van der Waals surface area contributed by atoms with Crippen molar-refractivity contribution >= 4 is 5.78 Å². The van der Waals surface area contributed by atoms with Gasteiger partial charge in [0.25, 0.3) is 0 Å². The molecule has 3 unspecified atom stereocenters. The van der Waals surface area contributed by atoms with Crippen LogP contribution in [0.2, 0.25) is 0 Å². The van der Waals surface area contributed by atoms with E-state index in [1.54, 1.807) is 6.92 Å². The molecule has 6 N–H and O–H groups in total. The number of carbonyl (C=O) groups is 1. The highest BCUT2D eigenvalue weighted by molar-refractivity contribution is 5.92. The molecule has 366 valence electrons. The van der Waals surface area contributed by atoms with Crippen molar-refractivity contribution in [1.29, 1.82) is 0 Å². The summed E-state index contributed by atoms with van der Waals surface area (Å²) in [6, 6.07) is 0. The van der Waals surface area contributed by atoms with Gasteiger partial charge in [0.1, 0.15) is 29.7 Å². The van der Waals surface area contributed by atoms with E-state index in [-0.39, 0.29) is 72.8 Å². The number of carbonyl (C=O) groups excluding carboxylic acids is 1. The molecule has 13 heteroatoms. The average molecular weight is 927 g/mol. The highest BCUT2D eigenvalue weighted by Crippen LogP contribution is 2.73. The first-order valence-corrected chi connectivity index (χ1v) is 26.1. The van der Waals surface area contributed by atoms with Crippen LogP contribution >= 0.6 is 0 Å². The first kappa shape index (κ1) is 44.7. The molecule has 13 rings (SSSR count). The Balaban J connectivity index is 0.772. The van der Waals surface area contributed by atoms with Crippen LogP contribution in [0, 0.1) is 69.0 Å². The van der Waals surface area contributed by atoms with E-state index in [9.17, 15) is 35.4 Å². The minimum atomic E-state index is -1.52. The highest BCUT2D eigenvalue weighted by Gasteiger charge is 2.79. The molecule has 0 amide bonds. The topological polar surface area (TPSA) is 201 Å². The molecule has 0 bridgehead atoms. The number of hydrogen-bond donors (Lipinski definition) is 6. The van der Waals surface area contributed by atoms with Gasteiger partial charge >= 0.3 is 0 Å². The zero-order valence-corrected chi connectivity index (χ0v) is 40.8. The van der Waals surface area contributed by atoms with Crippen molar-refractivity contribution in [2.24, 2.45) is 69.0 Å². The van der Waals surface area contributed by atoms with Gasteiger partial charge in [-0.05, 0) is 120 Å². The number of nitrogens with zero attached hydrogens (tertiary/aromatic N) is 2. The lowest BCUT2D eigenvalue weighted by atomic mass is 9.42. The van der Waals surface area contributed by atoms with E-state index in [1.807, 2.05) is 27.7 Å². The molecule has 21 atom stereocenters. The van der Waals surface area contributed by atoms with E-state index in [4.69, 9.17) is 28.9 Å². The van der Waals surface area contributed by atoms with E-state index in [2.05, 4.69) is 32.9 Å². The van der Waals surface area contributed by atoms with Crippen LogP contribution in [0.4, 0.5) is 0 Å². The van der Waals surface area contributed by atoms with Crippen molar-refractivity contribution in [3.63, 3.8) is 0 Å². The summed E-state index contributed by atoms with van der Waals surface area (Å²) in [5.74, 6) is -2.92. The van der Waals surface area contributed by atoms with E-state index in [1.165, 1.54) is 0 Å². The van der Waals surface area contributed by atoms with Gasteiger partial charge in [-0.1, -0.05) is 57.9 Å². The fraction of sp³-hybridized carbons (Fsp3) is 0.833. The molecule has 3 spiro atoms. The minimum Gasteiger partial charge on any atom is -0.393 e. The van der Waals surface area contributed by atoms with Crippen LogP contribution in [0.5, 0.6) is 0 Å². The first-order chi connectivity index (χ1) is 31.4. The third-order valence-electron chi connectivity index (χ3n) is 23.1. The summed E-state index contributed by atoms with van der Waals surface area (Å²) in [6.07, 6.45) is 9.30. The maximum absolute atomic E-state index is 15.0. The monoisotopic (exact) mass is 927 g/mol. The number of aliphatic hydroxyl groups excluding tert-OH is 4. The van der Waals surface area contributed by atoms with Crippen LogP contribution in [-0.4, -0.2) is 118 Å². The van der Waals surface area contributed by atoms with Crippen molar-refractivity contribution in [3.05, 3.63) is 46.1 Å². The highest BCUT2D eigenvalue weighted by atomic mass is 16.7. The normalized spacial score (nSPS) is 57.3. The van der Waals surface area contributed by atoms with Crippen LogP contribution in [0.1, 0.15) is 136 Å². The standard InChI is InChI=1S/C54H74N2O11/c1-26-31-13-14-32-33-12-10-29-16-37-39(20-48(29,7)51(33,62)23-41(59)50(31,32)25-64-53(26)42(60)21-45(3,4)66-53)56-36-15-28-9-11-30-34(47(28,6)19-38(36)55-37)17-40(58)49(8)35(30)18-44-52(49,63)27(2)54(65-44)43(61)22-46(5,24-57)67-54/h14,18,26-31,33-34,40,42-44,57-58,60-63H,9-13,15-17,19-25H2,1-8H3/t26-,27+,28?,29?,30+,31+,33-,34?,40+,42+,43+,44-,46-,47-,48-,49+,50+,51-,52+,53+,54-/m1/s1. The van der Waals surface area contributed by atoms with Crippen LogP contribution < -0.4 is 0 Å². The summed E-state index contributed by atoms with van der Waals surface area (Å²) in [6.45, 7) is 16.2. The van der Waals surface area contributed by atoms with Crippen molar-refractivity contribution < 1.29 is 54.4 Å². The molecule has 1 aromatic rings. The largest absolute Gasteiger partial charge is 0.393 e. The quantitative estimate of drug-likeness (QED) is 0.214. The van der Waals surface area contributed by atoms with Crippen LogP contribution in [0.3, 0.4) is 0 Å². The Morgan fingerprint density at radius 2 is 1.45 bits per heavy atom. The molecule has 0 aromatic carbocycles. The summed E-state index contributed by atoms with van der Waals surface area (Å²) < 4.78 is 26.2. The number of aromatic nitrogens is 2. The first-order valence-electron chi connectivity index (χ1n) is 26.1. The number of ketones is 1. The number of ether oxygens (including phenoxy) is 4. The van der Waals surface area contributed by atoms with Gasteiger partial charge in [0.2, 0.25) is 5.79 Å². The van der Waals surface area contributed by atoms with Gasteiger partial charge in [0.15, 0.2) is 5.79 Å². The SMILES string of the molecule is C[C@@H]1[C@@H]2CC=C3[C@H]4CCC5Cc6nc7c(nc6C[C@@]5(C)[C@@]4(O)CC(=O)[C@]32CO[C@]12OC(C)(C)C[C@@H]2O)CC1CC[C@@H]2C3=C[C@H]4O[C@@]5(O[C@@](C)(CO)C[C@@H]5O)[C@@H](C)[C@@]4(O)[C@]3(C)[C@@H](O)CC2[C@]1(C)C7. The lowest BCUT2D eigenvalue weighted by molar-refractivity contribution is -0.337. The lowest BCUT2D eigenvalue weighted by Crippen LogP contribution is -2.70. The smallest absolute Gasteiger partial charge is 0.201 e. The molecular formula is C54H74N2O11. The maximum atomic E-state index is 15.0. The Hall–Kier alpha value is -2.17. The van der Waals surface area contributed by atoms with Gasteiger partial charge in [0, 0.05) is 47.8 Å². The molecule has 8 fully saturated rings. The van der Waals surface area contributed by atoms with Gasteiger partial charge in [-0.3, -0.25) is 14.8 Å². The summed E-state index contributed by atoms with van der Waals surface area (Å²) in [5.41, 5.74) is -0.652. The number of aliphatic hydroxyl groups is 6. The second-order valence-electron chi connectivity index (χ2n) is 26.2. The predicted octanol–water partition coefficient (Wildman–Crippen LogP) is 4.62. The summed E-state index contributed by atoms with van der Waals surface area (Å²) in [7, 11) is 0. The molecule has 5 heterocycles. The fourth-order valence-corrected chi connectivity index (χ4v) is 19.3. The van der Waals surface area contributed by atoms with Crippen molar-refractivity contribution in [2.75, 3.05) is 13.2 Å². The molecule has 12 aliphatic rings. The number of Topliss-reactive ketones (excluding diaryl/α,β-unsaturated/α-hetero) is 1. The summed E-state index contributed by atoms with van der Waals surface area (Å²) in [5, 5.41) is 71.6. The van der Waals surface area contributed by atoms with Crippen molar-refractivity contribution in [3.8, 4) is 0 Å². The Bertz CT molecular complexity index is 2440. The molecule has 4 saturated heterocycles. The maximum Gasteiger partial charge on any atom is 0.201 e. The number of rotatable bonds is 1. The third kappa shape index (κ3) is 5.00. The number of allylic oxidation sites excluding steroid dienone is 1. The van der Waals surface area contributed by atoms with Gasteiger partial charge in [-0.15, -0.1) is 0 Å². The Kier molecular flexibility index (Phi) is 8.86. The third-order valence-corrected chi connectivity index (χ3v) is 23.1. The molecule has 67 heavy (non-hydrogen) atoms. The second-order valence-corrected chi connectivity index (χ2v) is 26.2. The summed E-state index contributed by atoms with van der Waals surface area (Å²) >= 11 is 0. The molecular weight excluding hydrogens is 853 g/mol. The molecule has 13 nitrogen and oxygen atoms in total. The molecule has 4 saturated carbocycles. The molecule has 8 aliphatic carbocycles. The number of fused-ring (bicyclic) bond motifs is 13. The fourth-order valence-electron chi connectivity index (χ4n) is 19.3. The second kappa shape index (κ2) is 13.3. The molecule has 0 radical (unpaired) electrons. The average Bonchev–Trinajstić information content (AvgIpc) is 3.98. The van der Waals surface area contributed by atoms with Gasteiger partial charge < -0.3 is 49.6 Å². The molecule has 4 aliphatic heterocycles. The van der Waals surface area contributed by atoms with E-state index < -0.39 is 80.6 Å². The Morgan fingerprint density at radius 1 is 0.761 bits per heavy atom. The van der Waals surface area contributed by atoms with Gasteiger partial charge in [-0.25, -0.2) is 0 Å². The summed E-state index contributed by atoms with van der Waals surface area (Å²) in [4.78, 5) is 26.0. The molecule has 1 aromatic heterocycles. The van der Waals surface area contributed by atoms with Crippen LogP contribution in [-0.2, 0) is 49.4 Å². The van der Waals surface area contributed by atoms with Crippen LogP contribution in [0.15, 0.2) is 23.3 Å². The van der Waals surface area contributed by atoms with Gasteiger partial charge in [0.05, 0.1) is 64.3 Å². The Morgan fingerprint density at radius 3 is 2.13 bits per heavy atom. The predicted molar refractivity (Wildman–Crippen MR) is 242 cm³/mol. The van der Waals surface area contributed by atoms with E-state index >= 15 is 0 Å². The number of hydrogen-bond acceptors (Lipinski definition) is 13. The van der Waals surface area contributed by atoms with Crippen molar-refractivity contribution in [1.82, 2.24) is 9.97 Å². The lowest BCUT2D eigenvalue weighted by Gasteiger charge is -2.64. The zero-order chi connectivity index (χ0) is 47.2. The van der Waals surface area contributed by atoms with Crippen molar-refractivity contribution in [2.45, 2.75) is 197 Å². The zero-order valence-electron chi connectivity index (χ0n) is 40.8. The van der Waals surface area contributed by atoms with Crippen LogP contribution in [0.25, 0.3) is 0 Å². The Labute approximate surface area is 394 Å². The van der Waals surface area contributed by atoms with E-state index in [0.29, 0.717) is 38.0 Å².